The zero-order valence-electron chi connectivity index (χ0n) is 12.6. The van der Waals surface area contributed by atoms with Gasteiger partial charge in [-0.2, -0.15) is 0 Å². The summed E-state index contributed by atoms with van der Waals surface area (Å²) in [5.41, 5.74) is 0. The molecule has 0 atom stereocenters. The summed E-state index contributed by atoms with van der Waals surface area (Å²) in [4.78, 5) is 31.2. The zero-order valence-corrected chi connectivity index (χ0v) is 14.1. The fourth-order valence-electron chi connectivity index (χ4n) is 2.33. The summed E-state index contributed by atoms with van der Waals surface area (Å²) in [6.07, 6.45) is 3.02. The van der Waals surface area contributed by atoms with Gasteiger partial charge in [-0.25, -0.2) is 4.98 Å². The molecular formula is C15H18Cl2N4O2. The van der Waals surface area contributed by atoms with Gasteiger partial charge in [-0.15, -0.1) is 0 Å². The Morgan fingerprint density at radius 1 is 1.30 bits per heavy atom. The van der Waals surface area contributed by atoms with Crippen molar-refractivity contribution >= 4 is 40.8 Å². The van der Waals surface area contributed by atoms with Gasteiger partial charge in [0, 0.05) is 45.3 Å². The smallest absolute Gasteiger partial charge is 0.243 e. The number of anilines is 1. The number of carbonyl (C=O) groups is 2. The maximum atomic E-state index is 12.1. The first-order valence-corrected chi connectivity index (χ1v) is 8.01. The van der Waals surface area contributed by atoms with E-state index in [0.29, 0.717) is 48.6 Å². The van der Waals surface area contributed by atoms with E-state index in [0.717, 1.165) is 0 Å². The van der Waals surface area contributed by atoms with Crippen molar-refractivity contribution in [2.24, 2.45) is 0 Å². The van der Waals surface area contributed by atoms with Crippen LogP contribution in [0, 0.1) is 0 Å². The standard InChI is InChI=1S/C15H18Cl2N4O2/c1-2-13(22)18-4-3-14(23)20-5-7-21(8-6-20)15-12(17)9-11(16)10-19-15/h2,9-10H,1,3-8H2,(H,18,22). The first-order valence-electron chi connectivity index (χ1n) is 7.25. The number of rotatable bonds is 5. The van der Waals surface area contributed by atoms with Crippen LogP contribution in [-0.2, 0) is 9.59 Å². The molecule has 6 nitrogen and oxygen atoms in total. The number of aromatic nitrogens is 1. The van der Waals surface area contributed by atoms with Crippen molar-refractivity contribution in [2.45, 2.75) is 6.42 Å². The van der Waals surface area contributed by atoms with Crippen LogP contribution < -0.4 is 10.2 Å². The molecule has 1 aliphatic rings. The highest BCUT2D eigenvalue weighted by molar-refractivity contribution is 6.36. The third-order valence-corrected chi connectivity index (χ3v) is 4.03. The van der Waals surface area contributed by atoms with Crippen molar-refractivity contribution in [1.29, 1.82) is 0 Å². The summed E-state index contributed by atoms with van der Waals surface area (Å²) >= 11 is 12.0. The van der Waals surface area contributed by atoms with Gasteiger partial charge >= 0.3 is 0 Å². The number of hydrogen-bond acceptors (Lipinski definition) is 4. The van der Waals surface area contributed by atoms with Crippen LogP contribution in [0.15, 0.2) is 24.9 Å². The molecule has 23 heavy (non-hydrogen) atoms. The Balaban J connectivity index is 1.82. The molecular weight excluding hydrogens is 339 g/mol. The van der Waals surface area contributed by atoms with Crippen LogP contribution in [0.4, 0.5) is 5.82 Å². The molecule has 1 fully saturated rings. The van der Waals surface area contributed by atoms with E-state index in [1.54, 1.807) is 17.2 Å². The van der Waals surface area contributed by atoms with Gasteiger partial charge in [-0.1, -0.05) is 29.8 Å². The van der Waals surface area contributed by atoms with Gasteiger partial charge in [0.1, 0.15) is 5.82 Å². The fraction of sp³-hybridized carbons (Fsp3) is 0.400. The molecule has 1 N–H and O–H groups in total. The summed E-state index contributed by atoms with van der Waals surface area (Å²) in [6.45, 7) is 6.16. The molecule has 2 rings (SSSR count). The van der Waals surface area contributed by atoms with Crippen LogP contribution in [0.1, 0.15) is 6.42 Å². The number of nitrogens with zero attached hydrogens (tertiary/aromatic N) is 3. The second-order valence-electron chi connectivity index (χ2n) is 5.07. The molecule has 1 aromatic rings. The van der Waals surface area contributed by atoms with Crippen molar-refractivity contribution in [2.75, 3.05) is 37.6 Å². The van der Waals surface area contributed by atoms with E-state index in [4.69, 9.17) is 23.2 Å². The molecule has 0 bridgehead atoms. The van der Waals surface area contributed by atoms with Gasteiger partial charge in [0.05, 0.1) is 10.0 Å². The van der Waals surface area contributed by atoms with Gasteiger partial charge in [0.25, 0.3) is 0 Å². The Morgan fingerprint density at radius 3 is 2.61 bits per heavy atom. The van der Waals surface area contributed by atoms with Crippen LogP contribution in [-0.4, -0.2) is 54.4 Å². The minimum Gasteiger partial charge on any atom is -0.352 e. The quantitative estimate of drug-likeness (QED) is 0.816. The average Bonchev–Trinajstić information content (AvgIpc) is 2.54. The molecule has 2 amide bonds. The fourth-order valence-corrected chi connectivity index (χ4v) is 2.83. The van der Waals surface area contributed by atoms with Crippen molar-refractivity contribution in [3.05, 3.63) is 35.0 Å². The second-order valence-corrected chi connectivity index (χ2v) is 5.92. The maximum Gasteiger partial charge on any atom is 0.243 e. The molecule has 2 heterocycles. The highest BCUT2D eigenvalue weighted by atomic mass is 35.5. The number of pyridine rings is 1. The summed E-state index contributed by atoms with van der Waals surface area (Å²) in [7, 11) is 0. The third-order valence-electron chi connectivity index (χ3n) is 3.54. The van der Waals surface area contributed by atoms with Gasteiger partial charge in [-0.05, 0) is 12.1 Å². The van der Waals surface area contributed by atoms with Crippen LogP contribution in [0.25, 0.3) is 0 Å². The average molecular weight is 357 g/mol. The Hall–Kier alpha value is -1.79. The molecule has 1 aromatic heterocycles. The number of nitrogens with one attached hydrogen (secondary N) is 1. The lowest BCUT2D eigenvalue weighted by Gasteiger charge is -2.35. The summed E-state index contributed by atoms with van der Waals surface area (Å²) in [5.74, 6) is 0.427. The molecule has 0 radical (unpaired) electrons. The van der Waals surface area contributed by atoms with E-state index in [2.05, 4.69) is 16.9 Å². The van der Waals surface area contributed by atoms with E-state index in [9.17, 15) is 9.59 Å². The minimum absolute atomic E-state index is 0.0178. The predicted molar refractivity (Wildman–Crippen MR) is 90.9 cm³/mol. The molecule has 0 saturated carbocycles. The number of halogens is 2. The molecule has 1 saturated heterocycles. The van der Waals surface area contributed by atoms with Crippen LogP contribution >= 0.6 is 23.2 Å². The third kappa shape index (κ3) is 4.84. The van der Waals surface area contributed by atoms with Crippen LogP contribution in [0.3, 0.4) is 0 Å². The maximum absolute atomic E-state index is 12.1. The molecule has 0 aromatic carbocycles. The number of piperazine rings is 1. The highest BCUT2D eigenvalue weighted by Crippen LogP contribution is 2.26. The normalized spacial score (nSPS) is 14.5. The van der Waals surface area contributed by atoms with E-state index >= 15 is 0 Å². The molecule has 8 heteroatoms. The zero-order chi connectivity index (χ0) is 16.8. The summed E-state index contributed by atoms with van der Waals surface area (Å²) in [6, 6.07) is 1.66. The van der Waals surface area contributed by atoms with E-state index in [1.807, 2.05) is 4.90 Å². The van der Waals surface area contributed by atoms with Crippen LogP contribution in [0.5, 0.6) is 0 Å². The molecule has 0 aliphatic carbocycles. The van der Waals surface area contributed by atoms with Crippen LogP contribution in [0.2, 0.25) is 10.0 Å². The Labute approximate surface area is 145 Å². The van der Waals surface area contributed by atoms with E-state index in [1.165, 1.54) is 6.08 Å². The van der Waals surface area contributed by atoms with Crippen molar-refractivity contribution in [3.8, 4) is 0 Å². The number of hydrogen-bond donors (Lipinski definition) is 1. The van der Waals surface area contributed by atoms with E-state index < -0.39 is 0 Å². The number of amides is 2. The topological polar surface area (TPSA) is 65.5 Å². The van der Waals surface area contributed by atoms with Crippen molar-refractivity contribution in [1.82, 2.24) is 15.2 Å². The lowest BCUT2D eigenvalue weighted by atomic mass is 10.2. The first-order chi connectivity index (χ1) is 11.0. The molecule has 0 unspecified atom stereocenters. The summed E-state index contributed by atoms with van der Waals surface area (Å²) in [5, 5.41) is 3.59. The Morgan fingerprint density at radius 2 is 2.00 bits per heavy atom. The van der Waals surface area contributed by atoms with Crippen molar-refractivity contribution < 1.29 is 9.59 Å². The lowest BCUT2D eigenvalue weighted by molar-refractivity contribution is -0.131. The highest BCUT2D eigenvalue weighted by Gasteiger charge is 2.23. The van der Waals surface area contributed by atoms with Gasteiger partial charge in [-0.3, -0.25) is 9.59 Å². The minimum atomic E-state index is -0.272. The lowest BCUT2D eigenvalue weighted by Crippen LogP contribution is -2.49. The molecule has 124 valence electrons. The van der Waals surface area contributed by atoms with E-state index in [-0.39, 0.29) is 18.2 Å². The summed E-state index contributed by atoms with van der Waals surface area (Å²) < 4.78 is 0. The van der Waals surface area contributed by atoms with Gasteiger partial charge in [0.2, 0.25) is 11.8 Å². The first kappa shape index (κ1) is 17.6. The Bertz CT molecular complexity index is 601. The van der Waals surface area contributed by atoms with Gasteiger partial charge < -0.3 is 15.1 Å². The van der Waals surface area contributed by atoms with Crippen molar-refractivity contribution in [3.63, 3.8) is 0 Å². The second kappa shape index (κ2) is 8.17. The largest absolute Gasteiger partial charge is 0.352 e. The van der Waals surface area contributed by atoms with Gasteiger partial charge in [0.15, 0.2) is 0 Å². The molecule has 0 spiro atoms. The Kier molecular flexibility index (Phi) is 6.24. The number of carbonyl (C=O) groups excluding carboxylic acids is 2. The predicted octanol–water partition coefficient (Wildman–Crippen LogP) is 1.73. The SMILES string of the molecule is C=CC(=O)NCCC(=O)N1CCN(c2ncc(Cl)cc2Cl)CC1. The molecule has 1 aliphatic heterocycles. The monoisotopic (exact) mass is 356 g/mol.